The van der Waals surface area contributed by atoms with Crippen LogP contribution in [-0.4, -0.2) is 67.7 Å². The summed E-state index contributed by atoms with van der Waals surface area (Å²) in [4.78, 5) is 0. The highest BCUT2D eigenvalue weighted by molar-refractivity contribution is 6.94. The van der Waals surface area contributed by atoms with E-state index in [1.165, 1.54) is 0 Å². The molecule has 0 aromatic rings. The van der Waals surface area contributed by atoms with Gasteiger partial charge in [-0.15, -0.1) is 0 Å². The van der Waals surface area contributed by atoms with Crippen LogP contribution in [0.1, 0.15) is 0 Å². The molecule has 0 radical (unpaired) electrons. The molecule has 0 aromatic carbocycles. The molecule has 0 aliphatic carbocycles. The lowest BCUT2D eigenvalue weighted by Gasteiger charge is -2.51. The second kappa shape index (κ2) is 5.24. The van der Waals surface area contributed by atoms with Gasteiger partial charge < -0.3 is 13.0 Å². The largest absolute Gasteiger partial charge is 0.349 e. The molecule has 92 valence electrons. The number of nitrogens with zero attached hydrogens (tertiary/aromatic N) is 3. The molecular formula is C9H29N3Si3. The first-order valence-corrected chi connectivity index (χ1v) is 13.5. The molecule has 0 amide bonds. The van der Waals surface area contributed by atoms with Crippen LogP contribution in [0.2, 0.25) is 32.7 Å². The minimum atomic E-state index is -1.36. The minimum Gasteiger partial charge on any atom is -0.349 e. The molecule has 15 heavy (non-hydrogen) atoms. The molecule has 0 atom stereocenters. The maximum absolute atomic E-state index is 2.92. The third-order valence-electron chi connectivity index (χ3n) is 3.83. The van der Waals surface area contributed by atoms with Crippen LogP contribution in [0.4, 0.5) is 0 Å². The molecule has 0 spiro atoms. The zero-order chi connectivity index (χ0) is 12.4. The van der Waals surface area contributed by atoms with Gasteiger partial charge in [0, 0.05) is 0 Å². The molecule has 0 N–H and O–H groups in total. The third kappa shape index (κ3) is 3.24. The lowest BCUT2D eigenvalue weighted by Crippen LogP contribution is -2.73. The molecule has 0 aliphatic heterocycles. The van der Waals surface area contributed by atoms with E-state index in [0.717, 1.165) is 0 Å². The second-order valence-electron chi connectivity index (χ2n) is 5.52. The average molecular weight is 264 g/mol. The van der Waals surface area contributed by atoms with Crippen LogP contribution in [0.3, 0.4) is 0 Å². The first-order valence-electron chi connectivity index (χ1n) is 5.71. The fourth-order valence-electron chi connectivity index (χ4n) is 1.93. The van der Waals surface area contributed by atoms with Crippen molar-refractivity contribution in [2.24, 2.45) is 0 Å². The Labute approximate surface area is 101 Å². The molecular weight excluding hydrogens is 234 g/mol. The standard InChI is InChI=1S/C9H29N3Si3/c1-10(2)14(6,7)12(13-5)15(8,9)11(3)4/h13H2,1-9H3. The summed E-state index contributed by atoms with van der Waals surface area (Å²) in [5, 5.41) is 0. The summed E-state index contributed by atoms with van der Waals surface area (Å²) in [5.74, 6) is 0. The smallest absolute Gasteiger partial charge is 0.187 e. The van der Waals surface area contributed by atoms with Gasteiger partial charge in [0.05, 0.1) is 9.68 Å². The Morgan fingerprint density at radius 2 is 1.00 bits per heavy atom. The molecule has 0 bridgehead atoms. The summed E-state index contributed by atoms with van der Waals surface area (Å²) in [6, 6.07) is 0. The highest BCUT2D eigenvalue weighted by Crippen LogP contribution is 2.21. The lowest BCUT2D eigenvalue weighted by atomic mass is 11.3. The Bertz CT molecular complexity index is 185. The minimum absolute atomic E-state index is 0.0925. The Morgan fingerprint density at radius 1 is 0.733 bits per heavy atom. The lowest BCUT2D eigenvalue weighted by molar-refractivity contribution is 0.534. The summed E-state index contributed by atoms with van der Waals surface area (Å²) in [7, 11) is 6.15. The third-order valence-corrected chi connectivity index (χ3v) is 21.3. The molecule has 0 aromatic heterocycles. The predicted molar refractivity (Wildman–Crippen MR) is 78.6 cm³/mol. The number of rotatable bonds is 5. The SMILES string of the molecule is C[SiH2]N([Si](C)(C)N(C)C)[Si](C)(C)N(C)C. The van der Waals surface area contributed by atoms with E-state index < -0.39 is 16.8 Å². The monoisotopic (exact) mass is 263 g/mol. The maximum atomic E-state index is 2.92. The molecule has 6 heteroatoms. The zero-order valence-corrected chi connectivity index (χ0v) is 15.5. The van der Waals surface area contributed by atoms with Gasteiger partial charge in [0.15, 0.2) is 16.8 Å². The van der Waals surface area contributed by atoms with E-state index in [-0.39, 0.29) is 9.68 Å². The van der Waals surface area contributed by atoms with Gasteiger partial charge in [-0.3, -0.25) is 0 Å². The van der Waals surface area contributed by atoms with E-state index in [1.807, 2.05) is 0 Å². The average Bonchev–Trinajstić information content (AvgIpc) is 2.03. The normalized spacial score (nSPS) is 15.2. The zero-order valence-electron chi connectivity index (χ0n) is 12.0. The fourth-order valence-corrected chi connectivity index (χ4v) is 17.3. The van der Waals surface area contributed by atoms with Crippen LogP contribution >= 0.6 is 0 Å². The van der Waals surface area contributed by atoms with Crippen LogP contribution in [0, 0.1) is 0 Å². The summed E-state index contributed by atoms with van der Waals surface area (Å²) < 4.78 is 7.86. The van der Waals surface area contributed by atoms with Crippen molar-refractivity contribution in [2.75, 3.05) is 28.2 Å². The highest BCUT2D eigenvalue weighted by atomic mass is 28.5. The van der Waals surface area contributed by atoms with E-state index in [4.69, 9.17) is 0 Å². The van der Waals surface area contributed by atoms with Crippen molar-refractivity contribution in [2.45, 2.75) is 32.7 Å². The Hall–Kier alpha value is 0.531. The molecule has 0 fully saturated rings. The maximum Gasteiger partial charge on any atom is 0.187 e. The predicted octanol–water partition coefficient (Wildman–Crippen LogP) is 0.947. The van der Waals surface area contributed by atoms with Crippen molar-refractivity contribution in [3.8, 4) is 0 Å². The molecule has 0 rings (SSSR count). The van der Waals surface area contributed by atoms with Crippen molar-refractivity contribution in [3.05, 3.63) is 0 Å². The van der Waals surface area contributed by atoms with Crippen molar-refractivity contribution < 1.29 is 0 Å². The summed E-state index contributed by atoms with van der Waals surface area (Å²) in [5.41, 5.74) is 0. The number of hydrogen-bond donors (Lipinski definition) is 0. The quantitative estimate of drug-likeness (QED) is 0.684. The van der Waals surface area contributed by atoms with Crippen molar-refractivity contribution in [1.29, 1.82) is 0 Å². The first kappa shape index (κ1) is 15.5. The van der Waals surface area contributed by atoms with E-state index in [0.29, 0.717) is 0 Å². The van der Waals surface area contributed by atoms with E-state index in [9.17, 15) is 0 Å². The molecule has 0 aliphatic rings. The van der Waals surface area contributed by atoms with Gasteiger partial charge in [0.25, 0.3) is 0 Å². The Kier molecular flexibility index (Phi) is 5.43. The van der Waals surface area contributed by atoms with Gasteiger partial charge in [0.1, 0.15) is 0 Å². The highest BCUT2D eigenvalue weighted by Gasteiger charge is 2.42. The number of hydrogen-bond acceptors (Lipinski definition) is 3. The van der Waals surface area contributed by atoms with Crippen molar-refractivity contribution in [3.63, 3.8) is 0 Å². The topological polar surface area (TPSA) is 9.72 Å². The van der Waals surface area contributed by atoms with E-state index >= 15 is 0 Å². The van der Waals surface area contributed by atoms with Gasteiger partial charge in [-0.25, -0.2) is 0 Å². The van der Waals surface area contributed by atoms with Gasteiger partial charge in [-0.1, -0.05) is 6.55 Å². The molecule has 0 saturated heterocycles. The molecule has 0 unspecified atom stereocenters. The van der Waals surface area contributed by atoms with Crippen molar-refractivity contribution >= 4 is 26.5 Å². The fraction of sp³-hybridized carbons (Fsp3) is 1.00. The van der Waals surface area contributed by atoms with Crippen LogP contribution in [-0.2, 0) is 0 Å². The Balaban J connectivity index is 5.07. The van der Waals surface area contributed by atoms with E-state index in [2.05, 4.69) is 74.0 Å². The molecule has 0 heterocycles. The second-order valence-corrected chi connectivity index (χ2v) is 17.3. The first-order chi connectivity index (χ1) is 6.58. The summed E-state index contributed by atoms with van der Waals surface area (Å²) in [6.45, 7) is 12.3. The summed E-state index contributed by atoms with van der Waals surface area (Å²) >= 11 is 0. The van der Waals surface area contributed by atoms with Gasteiger partial charge in [-0.2, -0.15) is 0 Å². The van der Waals surface area contributed by atoms with Crippen LogP contribution in [0.25, 0.3) is 0 Å². The van der Waals surface area contributed by atoms with Crippen LogP contribution < -0.4 is 0 Å². The van der Waals surface area contributed by atoms with Gasteiger partial charge in [-0.05, 0) is 54.4 Å². The van der Waals surface area contributed by atoms with Crippen LogP contribution in [0.15, 0.2) is 0 Å². The summed E-state index contributed by atoms with van der Waals surface area (Å²) in [6.07, 6.45) is 0. The van der Waals surface area contributed by atoms with Gasteiger partial charge in [0.2, 0.25) is 0 Å². The van der Waals surface area contributed by atoms with E-state index in [1.54, 1.807) is 0 Å². The Morgan fingerprint density at radius 3 is 1.13 bits per heavy atom. The van der Waals surface area contributed by atoms with Gasteiger partial charge >= 0.3 is 0 Å². The molecule has 3 nitrogen and oxygen atoms in total. The van der Waals surface area contributed by atoms with Crippen molar-refractivity contribution in [1.82, 2.24) is 13.0 Å². The van der Waals surface area contributed by atoms with Crippen LogP contribution in [0.5, 0.6) is 0 Å². The molecule has 0 saturated carbocycles.